The summed E-state index contributed by atoms with van der Waals surface area (Å²) in [7, 11) is 0. The molecule has 0 heterocycles. The van der Waals surface area contributed by atoms with Crippen LogP contribution in [0.2, 0.25) is 0 Å². The third-order valence-electron chi connectivity index (χ3n) is 2.61. The first-order valence-electron chi connectivity index (χ1n) is 5.67. The zero-order valence-corrected chi connectivity index (χ0v) is 10.1. The standard InChI is InChI=1S/C12H25NO/c1-5-10(8-6-7-9-13)11(14)12(2,3)4/h10H,5-9,13H2,1-4H3. The van der Waals surface area contributed by atoms with Crippen LogP contribution in [0.25, 0.3) is 0 Å². The fraction of sp³-hybridized carbons (Fsp3) is 0.917. The fourth-order valence-corrected chi connectivity index (χ4v) is 1.67. The smallest absolute Gasteiger partial charge is 0.141 e. The maximum Gasteiger partial charge on any atom is 0.141 e. The van der Waals surface area contributed by atoms with Gasteiger partial charge in [0.15, 0.2) is 0 Å². The summed E-state index contributed by atoms with van der Waals surface area (Å²) in [6.45, 7) is 8.83. The number of carbonyl (C=O) groups excluding carboxylic acids is 1. The Morgan fingerprint density at radius 3 is 2.21 bits per heavy atom. The van der Waals surface area contributed by atoms with E-state index < -0.39 is 0 Å². The van der Waals surface area contributed by atoms with E-state index in [4.69, 9.17) is 5.73 Å². The molecule has 0 saturated carbocycles. The van der Waals surface area contributed by atoms with E-state index in [0.29, 0.717) is 5.78 Å². The van der Waals surface area contributed by atoms with Crippen molar-refractivity contribution < 1.29 is 4.79 Å². The van der Waals surface area contributed by atoms with E-state index in [0.717, 1.165) is 32.2 Å². The van der Waals surface area contributed by atoms with Crippen LogP contribution >= 0.6 is 0 Å². The van der Waals surface area contributed by atoms with Crippen LogP contribution in [0.15, 0.2) is 0 Å². The summed E-state index contributed by atoms with van der Waals surface area (Å²) in [5.74, 6) is 0.638. The predicted molar refractivity (Wildman–Crippen MR) is 61.1 cm³/mol. The van der Waals surface area contributed by atoms with Gasteiger partial charge in [-0.15, -0.1) is 0 Å². The highest BCUT2D eigenvalue weighted by Crippen LogP contribution is 2.25. The van der Waals surface area contributed by atoms with E-state index in [1.807, 2.05) is 20.8 Å². The van der Waals surface area contributed by atoms with Crippen molar-refractivity contribution in [2.45, 2.75) is 53.4 Å². The Labute approximate surface area is 88.3 Å². The lowest BCUT2D eigenvalue weighted by Crippen LogP contribution is -2.28. The minimum Gasteiger partial charge on any atom is -0.330 e. The molecule has 0 rings (SSSR count). The number of hydrogen-bond acceptors (Lipinski definition) is 2. The Morgan fingerprint density at radius 1 is 1.29 bits per heavy atom. The van der Waals surface area contributed by atoms with Gasteiger partial charge in [-0.05, 0) is 25.8 Å². The van der Waals surface area contributed by atoms with Crippen LogP contribution in [0, 0.1) is 11.3 Å². The molecule has 2 N–H and O–H groups in total. The monoisotopic (exact) mass is 199 g/mol. The molecule has 0 saturated heterocycles. The summed E-state index contributed by atoms with van der Waals surface area (Å²) in [4.78, 5) is 12.0. The van der Waals surface area contributed by atoms with Gasteiger partial charge in [-0.2, -0.15) is 0 Å². The molecule has 0 aromatic rings. The van der Waals surface area contributed by atoms with Crippen molar-refractivity contribution in [1.29, 1.82) is 0 Å². The lowest BCUT2D eigenvalue weighted by Gasteiger charge is -2.23. The van der Waals surface area contributed by atoms with Gasteiger partial charge in [-0.25, -0.2) is 0 Å². The average Bonchev–Trinajstić information content (AvgIpc) is 2.10. The topological polar surface area (TPSA) is 43.1 Å². The van der Waals surface area contributed by atoms with Gasteiger partial charge >= 0.3 is 0 Å². The molecule has 0 radical (unpaired) electrons. The van der Waals surface area contributed by atoms with Crippen molar-refractivity contribution >= 4 is 5.78 Å². The second kappa shape index (κ2) is 6.18. The van der Waals surface area contributed by atoms with Crippen LogP contribution in [0.3, 0.4) is 0 Å². The number of rotatable bonds is 6. The minimum absolute atomic E-state index is 0.191. The first-order valence-corrected chi connectivity index (χ1v) is 5.67. The number of hydrogen-bond donors (Lipinski definition) is 1. The van der Waals surface area contributed by atoms with Gasteiger partial charge in [-0.3, -0.25) is 4.79 Å². The van der Waals surface area contributed by atoms with Crippen LogP contribution in [0.5, 0.6) is 0 Å². The number of unbranched alkanes of at least 4 members (excludes halogenated alkanes) is 1. The van der Waals surface area contributed by atoms with E-state index in [2.05, 4.69) is 6.92 Å². The third-order valence-corrected chi connectivity index (χ3v) is 2.61. The van der Waals surface area contributed by atoms with Crippen LogP contribution in [0.1, 0.15) is 53.4 Å². The second-order valence-electron chi connectivity index (χ2n) is 5.00. The van der Waals surface area contributed by atoms with Gasteiger partial charge in [0.1, 0.15) is 5.78 Å². The lowest BCUT2D eigenvalue weighted by atomic mass is 9.80. The number of carbonyl (C=O) groups is 1. The molecule has 84 valence electrons. The van der Waals surface area contributed by atoms with Crippen LogP contribution < -0.4 is 5.73 Å². The van der Waals surface area contributed by atoms with Gasteiger partial charge in [0.25, 0.3) is 0 Å². The number of nitrogens with two attached hydrogens (primary N) is 1. The SMILES string of the molecule is CCC(CCCCN)C(=O)C(C)(C)C. The van der Waals surface area contributed by atoms with Crippen LogP contribution in [-0.2, 0) is 4.79 Å². The molecule has 0 aromatic carbocycles. The van der Waals surface area contributed by atoms with Gasteiger partial charge in [0.05, 0.1) is 0 Å². The van der Waals surface area contributed by atoms with Crippen LogP contribution in [0.4, 0.5) is 0 Å². The number of Topliss-reactive ketones (excluding diaryl/α,β-unsaturated/α-hetero) is 1. The van der Waals surface area contributed by atoms with Crippen molar-refractivity contribution in [2.75, 3.05) is 6.54 Å². The van der Waals surface area contributed by atoms with Crippen molar-refractivity contribution in [3.8, 4) is 0 Å². The zero-order valence-electron chi connectivity index (χ0n) is 10.1. The first kappa shape index (κ1) is 13.6. The van der Waals surface area contributed by atoms with E-state index in [1.165, 1.54) is 0 Å². The zero-order chi connectivity index (χ0) is 11.2. The molecule has 0 aliphatic carbocycles. The normalized spacial score (nSPS) is 14.1. The van der Waals surface area contributed by atoms with Gasteiger partial charge in [0, 0.05) is 11.3 Å². The largest absolute Gasteiger partial charge is 0.330 e. The average molecular weight is 199 g/mol. The molecule has 14 heavy (non-hydrogen) atoms. The van der Waals surface area contributed by atoms with Crippen molar-refractivity contribution in [3.05, 3.63) is 0 Å². The van der Waals surface area contributed by atoms with E-state index in [1.54, 1.807) is 0 Å². The van der Waals surface area contributed by atoms with Gasteiger partial charge in [0.2, 0.25) is 0 Å². The Hall–Kier alpha value is -0.370. The molecular formula is C12H25NO. The lowest BCUT2D eigenvalue weighted by molar-refractivity contribution is -0.130. The Kier molecular flexibility index (Phi) is 6.01. The molecule has 0 amide bonds. The molecule has 1 atom stereocenters. The molecule has 2 nitrogen and oxygen atoms in total. The van der Waals surface area contributed by atoms with E-state index >= 15 is 0 Å². The minimum atomic E-state index is -0.191. The molecule has 0 spiro atoms. The molecule has 0 aliphatic heterocycles. The Balaban J connectivity index is 4.07. The predicted octanol–water partition coefficient (Wildman–Crippen LogP) is 2.76. The maximum atomic E-state index is 12.0. The second-order valence-corrected chi connectivity index (χ2v) is 5.00. The summed E-state index contributed by atoms with van der Waals surface area (Å²) in [6.07, 6.45) is 4.08. The van der Waals surface area contributed by atoms with Crippen molar-refractivity contribution in [2.24, 2.45) is 17.1 Å². The molecule has 0 bridgehead atoms. The van der Waals surface area contributed by atoms with Crippen molar-refractivity contribution in [3.63, 3.8) is 0 Å². The summed E-state index contributed by atoms with van der Waals surface area (Å²) >= 11 is 0. The molecule has 0 fully saturated rings. The fourth-order valence-electron chi connectivity index (χ4n) is 1.67. The molecular weight excluding hydrogens is 174 g/mol. The third kappa shape index (κ3) is 4.75. The van der Waals surface area contributed by atoms with E-state index in [9.17, 15) is 4.79 Å². The Morgan fingerprint density at radius 2 is 1.86 bits per heavy atom. The summed E-state index contributed by atoms with van der Waals surface area (Å²) < 4.78 is 0. The molecule has 0 aromatic heterocycles. The Bertz CT molecular complexity index is 170. The summed E-state index contributed by atoms with van der Waals surface area (Å²) in [5, 5.41) is 0. The van der Waals surface area contributed by atoms with E-state index in [-0.39, 0.29) is 11.3 Å². The highest BCUT2D eigenvalue weighted by molar-refractivity contribution is 5.85. The van der Waals surface area contributed by atoms with Crippen LogP contribution in [-0.4, -0.2) is 12.3 Å². The molecule has 2 heteroatoms. The number of ketones is 1. The van der Waals surface area contributed by atoms with Gasteiger partial charge in [-0.1, -0.05) is 34.1 Å². The molecule has 0 aliphatic rings. The van der Waals surface area contributed by atoms with Crippen molar-refractivity contribution in [1.82, 2.24) is 0 Å². The summed E-state index contributed by atoms with van der Waals surface area (Å²) in [6, 6.07) is 0. The summed E-state index contributed by atoms with van der Waals surface area (Å²) in [5.41, 5.74) is 5.24. The first-order chi connectivity index (χ1) is 6.43. The highest BCUT2D eigenvalue weighted by Gasteiger charge is 2.27. The van der Waals surface area contributed by atoms with Gasteiger partial charge < -0.3 is 5.73 Å². The quantitative estimate of drug-likeness (QED) is 0.668. The highest BCUT2D eigenvalue weighted by atomic mass is 16.1. The maximum absolute atomic E-state index is 12.0. The molecule has 1 unspecified atom stereocenters.